The van der Waals surface area contributed by atoms with Gasteiger partial charge >= 0.3 is 0 Å². The third-order valence-corrected chi connectivity index (χ3v) is 5.87. The second kappa shape index (κ2) is 11.3. The maximum absolute atomic E-state index is 11.4. The minimum atomic E-state index is -1.24. The van der Waals surface area contributed by atoms with E-state index in [0.717, 1.165) is 25.7 Å². The Morgan fingerprint density at radius 1 is 1.19 bits per heavy atom. The van der Waals surface area contributed by atoms with E-state index >= 15 is 0 Å². The molecule has 1 aromatic carbocycles. The van der Waals surface area contributed by atoms with Gasteiger partial charge in [0.25, 0.3) is 5.69 Å². The van der Waals surface area contributed by atoms with Crippen molar-refractivity contribution in [3.63, 3.8) is 0 Å². The molecule has 0 spiro atoms. The van der Waals surface area contributed by atoms with Crippen LogP contribution in [0.5, 0.6) is 0 Å². The molecule has 2 aromatic rings. The normalized spacial score (nSPS) is 23.9. The van der Waals surface area contributed by atoms with Crippen molar-refractivity contribution in [1.29, 1.82) is 0 Å². The number of imidazole rings is 1. The van der Waals surface area contributed by atoms with Crippen molar-refractivity contribution < 1.29 is 25.3 Å². The molecule has 2 heterocycles. The zero-order valence-corrected chi connectivity index (χ0v) is 17.8. The first-order valence-electron chi connectivity index (χ1n) is 10.8. The van der Waals surface area contributed by atoms with Crippen molar-refractivity contribution in [2.75, 3.05) is 31.6 Å². The van der Waals surface area contributed by atoms with Crippen LogP contribution in [-0.4, -0.2) is 90.8 Å². The van der Waals surface area contributed by atoms with E-state index in [-0.39, 0.29) is 18.8 Å². The molecular formula is C21H31N5O6. The number of unbranched alkanes of at least 4 members (excludes halogenated alkanes) is 3. The smallest absolute Gasteiger partial charge is 0.293 e. The number of piperidine rings is 1. The third-order valence-electron chi connectivity index (χ3n) is 5.87. The Balaban J connectivity index is 1.41. The number of H-pyrrole nitrogens is 1. The van der Waals surface area contributed by atoms with Gasteiger partial charge in [0, 0.05) is 37.1 Å². The van der Waals surface area contributed by atoms with Crippen LogP contribution in [0.2, 0.25) is 0 Å². The minimum absolute atomic E-state index is 0.00153. The molecule has 0 saturated carbocycles. The number of β-amino-alcohol motifs (C(OH)–C–C–N with tert-alkyl or cyclic N) is 1. The van der Waals surface area contributed by atoms with Crippen molar-refractivity contribution in [2.24, 2.45) is 0 Å². The van der Waals surface area contributed by atoms with E-state index < -0.39 is 29.3 Å². The lowest BCUT2D eigenvalue weighted by Crippen LogP contribution is -2.62. The predicted molar refractivity (Wildman–Crippen MR) is 118 cm³/mol. The van der Waals surface area contributed by atoms with Crippen LogP contribution in [0.4, 0.5) is 11.4 Å². The number of anilines is 1. The second-order valence-corrected chi connectivity index (χ2v) is 8.06. The van der Waals surface area contributed by atoms with Crippen LogP contribution in [0.1, 0.15) is 25.7 Å². The Hall–Kier alpha value is -2.57. The minimum Gasteiger partial charge on any atom is -0.395 e. The molecule has 0 aliphatic carbocycles. The summed E-state index contributed by atoms with van der Waals surface area (Å²) < 4.78 is 0. The number of hydrogen-bond donors (Lipinski definition) is 6. The van der Waals surface area contributed by atoms with Crippen LogP contribution in [0.25, 0.3) is 11.4 Å². The fraction of sp³-hybridized carbons (Fsp3) is 0.571. The van der Waals surface area contributed by atoms with Gasteiger partial charge in [-0.1, -0.05) is 12.8 Å². The summed E-state index contributed by atoms with van der Waals surface area (Å²) in [6, 6.07) is 4.38. The van der Waals surface area contributed by atoms with Crippen LogP contribution in [0, 0.1) is 10.1 Å². The number of aromatic nitrogens is 2. The average Bonchev–Trinajstić information content (AvgIpc) is 3.32. The first kappa shape index (κ1) is 24.1. The Bertz CT molecular complexity index is 864. The molecule has 176 valence electrons. The SMILES string of the molecule is O=[N+]([O-])c1cc(-c2ncc[nH]2)ccc1NCCCCCCN1C[C@H](O)[C@@H](O)[C@H](O)[C@H]1CO. The number of rotatable bonds is 11. The molecule has 1 saturated heterocycles. The Morgan fingerprint density at radius 3 is 2.66 bits per heavy atom. The van der Waals surface area contributed by atoms with E-state index in [2.05, 4.69) is 15.3 Å². The van der Waals surface area contributed by atoms with E-state index in [4.69, 9.17) is 0 Å². The van der Waals surface area contributed by atoms with Gasteiger partial charge in [-0.3, -0.25) is 15.0 Å². The molecule has 1 fully saturated rings. The highest BCUT2D eigenvalue weighted by Crippen LogP contribution is 2.29. The maximum Gasteiger partial charge on any atom is 0.293 e. The highest BCUT2D eigenvalue weighted by Gasteiger charge is 2.40. The molecule has 3 rings (SSSR count). The largest absolute Gasteiger partial charge is 0.395 e. The summed E-state index contributed by atoms with van der Waals surface area (Å²) in [5.41, 5.74) is 1.11. The number of nitrogens with one attached hydrogen (secondary N) is 2. The first-order chi connectivity index (χ1) is 15.4. The van der Waals surface area contributed by atoms with E-state index in [0.29, 0.717) is 30.2 Å². The fourth-order valence-corrected chi connectivity index (χ4v) is 4.05. The number of nitrogens with zero attached hydrogens (tertiary/aromatic N) is 3. The van der Waals surface area contributed by atoms with Crippen LogP contribution in [0.3, 0.4) is 0 Å². The monoisotopic (exact) mass is 449 g/mol. The van der Waals surface area contributed by atoms with Crippen LogP contribution in [-0.2, 0) is 0 Å². The Labute approximate surface area is 185 Å². The molecule has 6 N–H and O–H groups in total. The lowest BCUT2D eigenvalue weighted by atomic mass is 9.94. The standard InChI is InChI=1S/C21H31N5O6/c27-13-17-19(29)20(30)18(28)12-25(17)10-4-2-1-3-7-22-15-6-5-14(11-16(15)26(31)32)21-23-8-9-24-21/h5-6,8-9,11,17-20,22,27-30H,1-4,7,10,12-13H2,(H,23,24)/t17-,18+,19-,20-/m1/s1. The van der Waals surface area contributed by atoms with Gasteiger partial charge in [-0.05, 0) is 31.5 Å². The zero-order valence-electron chi connectivity index (χ0n) is 17.8. The number of aliphatic hydroxyl groups excluding tert-OH is 4. The number of benzene rings is 1. The summed E-state index contributed by atoms with van der Waals surface area (Å²) in [6.45, 7) is 1.11. The molecule has 11 heteroatoms. The van der Waals surface area contributed by atoms with Crippen molar-refractivity contribution in [3.8, 4) is 11.4 Å². The maximum atomic E-state index is 11.4. The molecule has 32 heavy (non-hydrogen) atoms. The number of likely N-dealkylation sites (tertiary alicyclic amines) is 1. The van der Waals surface area contributed by atoms with Gasteiger partial charge in [0.05, 0.1) is 23.7 Å². The first-order valence-corrected chi connectivity index (χ1v) is 10.8. The lowest BCUT2D eigenvalue weighted by Gasteiger charge is -2.43. The van der Waals surface area contributed by atoms with Crippen LogP contribution in [0.15, 0.2) is 30.6 Å². The number of aromatic amines is 1. The molecule has 11 nitrogen and oxygen atoms in total. The van der Waals surface area contributed by atoms with Gasteiger partial charge in [0.15, 0.2) is 0 Å². The van der Waals surface area contributed by atoms with E-state index in [1.807, 2.05) is 4.90 Å². The molecule has 4 atom stereocenters. The topological polar surface area (TPSA) is 168 Å². The number of nitro groups is 1. The molecule has 0 radical (unpaired) electrons. The van der Waals surface area contributed by atoms with Crippen LogP contribution < -0.4 is 5.32 Å². The average molecular weight is 450 g/mol. The quantitative estimate of drug-likeness (QED) is 0.164. The summed E-state index contributed by atoms with van der Waals surface area (Å²) in [7, 11) is 0. The number of nitro benzene ring substituents is 1. The third kappa shape index (κ3) is 5.81. The molecule has 0 bridgehead atoms. The fourth-order valence-electron chi connectivity index (χ4n) is 4.05. The summed E-state index contributed by atoms with van der Waals surface area (Å²) in [6.07, 6.45) is 3.23. The van der Waals surface area contributed by atoms with E-state index in [9.17, 15) is 30.5 Å². The second-order valence-electron chi connectivity index (χ2n) is 8.06. The van der Waals surface area contributed by atoms with Gasteiger partial charge in [0.1, 0.15) is 23.7 Å². The summed E-state index contributed by atoms with van der Waals surface area (Å²) in [5, 5.41) is 53.7. The van der Waals surface area contributed by atoms with Crippen LogP contribution >= 0.6 is 0 Å². The van der Waals surface area contributed by atoms with Gasteiger partial charge in [-0.25, -0.2) is 4.98 Å². The highest BCUT2D eigenvalue weighted by atomic mass is 16.6. The van der Waals surface area contributed by atoms with Gasteiger partial charge < -0.3 is 30.7 Å². The van der Waals surface area contributed by atoms with Gasteiger partial charge in [-0.15, -0.1) is 0 Å². The molecule has 1 aliphatic heterocycles. The Kier molecular flexibility index (Phi) is 8.53. The summed E-state index contributed by atoms with van der Waals surface area (Å²) >= 11 is 0. The van der Waals surface area contributed by atoms with Crippen molar-refractivity contribution in [3.05, 3.63) is 40.7 Å². The molecule has 1 aliphatic rings. The number of aliphatic hydroxyl groups is 4. The molecule has 0 unspecified atom stereocenters. The highest BCUT2D eigenvalue weighted by molar-refractivity contribution is 5.70. The lowest BCUT2D eigenvalue weighted by molar-refractivity contribution is -0.383. The zero-order chi connectivity index (χ0) is 23.1. The van der Waals surface area contributed by atoms with Crippen molar-refractivity contribution >= 4 is 11.4 Å². The molecular weight excluding hydrogens is 418 g/mol. The van der Waals surface area contributed by atoms with Crippen molar-refractivity contribution in [2.45, 2.75) is 50.0 Å². The number of hydrogen-bond acceptors (Lipinski definition) is 9. The van der Waals surface area contributed by atoms with E-state index in [1.54, 1.807) is 24.5 Å². The molecule has 1 aromatic heterocycles. The van der Waals surface area contributed by atoms with Gasteiger partial charge in [-0.2, -0.15) is 0 Å². The summed E-state index contributed by atoms with van der Waals surface area (Å²) in [4.78, 5) is 19.9. The Morgan fingerprint density at radius 2 is 1.97 bits per heavy atom. The van der Waals surface area contributed by atoms with Crippen molar-refractivity contribution in [1.82, 2.24) is 14.9 Å². The summed E-state index contributed by atoms with van der Waals surface area (Å²) in [5.74, 6) is 0.575. The molecule has 0 amide bonds. The predicted octanol–water partition coefficient (Wildman–Crippen LogP) is 0.716. The van der Waals surface area contributed by atoms with E-state index in [1.165, 1.54) is 6.07 Å². The van der Waals surface area contributed by atoms with Gasteiger partial charge in [0.2, 0.25) is 0 Å².